The highest BCUT2D eigenvalue weighted by molar-refractivity contribution is 5.82. The number of allylic oxidation sites excluding steroid dienone is 5. The Morgan fingerprint density at radius 1 is 1.13 bits per heavy atom. The highest BCUT2D eigenvalue weighted by Gasteiger charge is 2.65. The Hall–Kier alpha value is -2.02. The molecule has 3 rings (SSSR count). The molecule has 1 saturated carbocycles. The van der Waals surface area contributed by atoms with Gasteiger partial charge in [-0.05, 0) is 31.3 Å². The molecule has 1 saturated heterocycles. The van der Waals surface area contributed by atoms with E-state index in [1.807, 2.05) is 32.1 Å². The molecule has 2 aliphatic carbocycles. The van der Waals surface area contributed by atoms with Crippen LogP contribution in [0.5, 0.6) is 0 Å². The van der Waals surface area contributed by atoms with Gasteiger partial charge in [-0.25, -0.2) is 4.79 Å². The lowest BCUT2D eigenvalue weighted by molar-refractivity contribution is -0.193. The van der Waals surface area contributed by atoms with Crippen LogP contribution in [0, 0.1) is 16.7 Å². The summed E-state index contributed by atoms with van der Waals surface area (Å²) < 4.78 is 17.2. The molecule has 0 aromatic carbocycles. The summed E-state index contributed by atoms with van der Waals surface area (Å²) in [5.74, 6) is -0.718. The summed E-state index contributed by atoms with van der Waals surface area (Å²) in [4.78, 5) is 25.0. The fraction of sp³-hybridized carbons (Fsp3) is 0.600. The Kier molecular flexibility index (Phi) is 7.04. The zero-order chi connectivity index (χ0) is 22.7. The van der Waals surface area contributed by atoms with Gasteiger partial charge in [0.25, 0.3) is 0 Å². The third-order valence-electron chi connectivity index (χ3n) is 7.09. The summed E-state index contributed by atoms with van der Waals surface area (Å²) in [6, 6.07) is 0. The van der Waals surface area contributed by atoms with Crippen molar-refractivity contribution in [3.8, 4) is 0 Å². The van der Waals surface area contributed by atoms with Crippen LogP contribution in [0.2, 0.25) is 0 Å². The van der Waals surface area contributed by atoms with Gasteiger partial charge in [0.1, 0.15) is 6.10 Å². The molecule has 6 heteroatoms. The van der Waals surface area contributed by atoms with Crippen molar-refractivity contribution in [3.05, 3.63) is 48.1 Å². The Balaban J connectivity index is 2.00. The molecule has 3 aliphatic rings. The van der Waals surface area contributed by atoms with Gasteiger partial charge in [-0.1, -0.05) is 57.6 Å². The van der Waals surface area contributed by atoms with E-state index in [1.165, 1.54) is 6.08 Å². The smallest absolute Gasteiger partial charge is 0.331 e. The maximum atomic E-state index is 12.6. The number of hydrogen-bond donors (Lipinski definition) is 1. The number of aldehydes is 1. The van der Waals surface area contributed by atoms with E-state index >= 15 is 0 Å². The number of fused-ring (bicyclic) bond motifs is 1. The van der Waals surface area contributed by atoms with E-state index in [0.717, 1.165) is 12.8 Å². The van der Waals surface area contributed by atoms with Crippen LogP contribution in [0.25, 0.3) is 0 Å². The Labute approximate surface area is 184 Å². The quantitative estimate of drug-likeness (QED) is 0.228. The first-order valence-corrected chi connectivity index (χ1v) is 11.0. The predicted octanol–water partition coefficient (Wildman–Crippen LogP) is 3.66. The van der Waals surface area contributed by atoms with E-state index in [2.05, 4.69) is 13.8 Å². The van der Waals surface area contributed by atoms with Crippen LogP contribution in [-0.4, -0.2) is 48.6 Å². The molecule has 0 amide bonds. The molecule has 1 heterocycles. The van der Waals surface area contributed by atoms with Crippen LogP contribution >= 0.6 is 0 Å². The lowest BCUT2D eigenvalue weighted by Gasteiger charge is -2.60. The van der Waals surface area contributed by atoms with Gasteiger partial charge in [-0.3, -0.25) is 4.79 Å². The topological polar surface area (TPSA) is 82.1 Å². The number of hydrogen-bond acceptors (Lipinski definition) is 6. The van der Waals surface area contributed by atoms with E-state index in [9.17, 15) is 14.7 Å². The summed E-state index contributed by atoms with van der Waals surface area (Å²) in [7, 11) is 0. The van der Waals surface area contributed by atoms with Crippen molar-refractivity contribution in [2.75, 3.05) is 13.2 Å². The zero-order valence-corrected chi connectivity index (χ0v) is 18.9. The molecule has 170 valence electrons. The molecular weight excluding hydrogens is 396 g/mol. The van der Waals surface area contributed by atoms with Crippen LogP contribution in [0.4, 0.5) is 0 Å². The van der Waals surface area contributed by atoms with Crippen molar-refractivity contribution in [3.63, 3.8) is 0 Å². The fourth-order valence-corrected chi connectivity index (χ4v) is 5.70. The zero-order valence-electron chi connectivity index (χ0n) is 18.9. The maximum absolute atomic E-state index is 12.6. The summed E-state index contributed by atoms with van der Waals surface area (Å²) in [6.07, 6.45) is 13.6. The molecule has 2 fully saturated rings. The van der Waals surface area contributed by atoms with Crippen molar-refractivity contribution in [1.29, 1.82) is 0 Å². The van der Waals surface area contributed by atoms with Gasteiger partial charge in [-0.15, -0.1) is 0 Å². The molecule has 0 aromatic heterocycles. The average molecular weight is 431 g/mol. The Morgan fingerprint density at radius 2 is 1.81 bits per heavy atom. The molecule has 31 heavy (non-hydrogen) atoms. The highest BCUT2D eigenvalue weighted by atomic mass is 16.7. The first-order chi connectivity index (χ1) is 14.7. The third kappa shape index (κ3) is 4.34. The molecule has 0 aromatic rings. The molecule has 1 N–H and O–H groups in total. The lowest BCUT2D eigenvalue weighted by atomic mass is 9.46. The van der Waals surface area contributed by atoms with Gasteiger partial charge >= 0.3 is 5.97 Å². The van der Waals surface area contributed by atoms with E-state index < -0.39 is 29.4 Å². The van der Waals surface area contributed by atoms with Crippen LogP contribution in [-0.2, 0) is 23.8 Å². The van der Waals surface area contributed by atoms with Gasteiger partial charge in [0.05, 0.1) is 13.2 Å². The standard InChI is InChI=1S/C25H34O6/c1-5-6-7-8-9-11-20(27)31-19-16-18(22-29-14-15-30-22)25(28,17-26)24(4)13-10-12-23(2,3)21(19)24/h5-9,11,16-17,19,21-22,28H,10,12-15H2,1-4H3/b6-5+,8-7+,11-9+/t19-,21+,24+,25-/m1/s1. The molecule has 0 spiro atoms. The average Bonchev–Trinajstić information content (AvgIpc) is 3.24. The number of ether oxygens (including phenoxy) is 3. The van der Waals surface area contributed by atoms with Crippen molar-refractivity contribution < 1.29 is 28.9 Å². The third-order valence-corrected chi connectivity index (χ3v) is 7.09. The number of rotatable bonds is 6. The van der Waals surface area contributed by atoms with Crippen molar-refractivity contribution in [1.82, 2.24) is 0 Å². The Bertz CT molecular complexity index is 801. The number of esters is 1. The Morgan fingerprint density at radius 3 is 2.45 bits per heavy atom. The highest BCUT2D eigenvalue weighted by Crippen LogP contribution is 2.61. The summed E-state index contributed by atoms with van der Waals surface area (Å²) in [6.45, 7) is 8.82. The number of aliphatic hydroxyl groups is 1. The first kappa shape index (κ1) is 23.6. The SMILES string of the molecule is C/C=C/C=C/C=C/C(=O)O[C@@H]1C=C(C2OCCO2)[C@](O)(C=O)[C@@]2(C)CCCC(C)(C)[C@H]12. The van der Waals surface area contributed by atoms with E-state index in [-0.39, 0.29) is 11.3 Å². The summed E-state index contributed by atoms with van der Waals surface area (Å²) in [5.41, 5.74) is -2.48. The van der Waals surface area contributed by atoms with E-state index in [0.29, 0.717) is 31.5 Å². The molecular formula is C25H34O6. The molecule has 0 unspecified atom stereocenters. The number of carbonyl (C=O) groups excluding carboxylic acids is 2. The largest absolute Gasteiger partial charge is 0.455 e. The molecule has 4 atom stereocenters. The van der Waals surface area contributed by atoms with Crippen LogP contribution < -0.4 is 0 Å². The summed E-state index contributed by atoms with van der Waals surface area (Å²) >= 11 is 0. The minimum Gasteiger partial charge on any atom is -0.455 e. The predicted molar refractivity (Wildman–Crippen MR) is 117 cm³/mol. The van der Waals surface area contributed by atoms with Crippen molar-refractivity contribution in [2.24, 2.45) is 16.7 Å². The van der Waals surface area contributed by atoms with Crippen LogP contribution in [0.1, 0.15) is 47.0 Å². The normalized spacial score (nSPS) is 36.1. The van der Waals surface area contributed by atoms with Crippen LogP contribution in [0.3, 0.4) is 0 Å². The minimum atomic E-state index is -1.75. The van der Waals surface area contributed by atoms with Gasteiger partial charge < -0.3 is 19.3 Å². The maximum Gasteiger partial charge on any atom is 0.331 e. The lowest BCUT2D eigenvalue weighted by Crippen LogP contribution is -2.65. The van der Waals surface area contributed by atoms with Crippen molar-refractivity contribution >= 4 is 12.3 Å². The summed E-state index contributed by atoms with van der Waals surface area (Å²) in [5, 5.41) is 11.7. The van der Waals surface area contributed by atoms with E-state index in [4.69, 9.17) is 14.2 Å². The second-order valence-corrected chi connectivity index (χ2v) is 9.49. The molecule has 0 bridgehead atoms. The van der Waals surface area contributed by atoms with Crippen molar-refractivity contribution in [2.45, 2.75) is 65.0 Å². The fourth-order valence-electron chi connectivity index (χ4n) is 5.70. The molecule has 0 radical (unpaired) electrons. The van der Waals surface area contributed by atoms with Gasteiger partial charge in [0, 0.05) is 23.0 Å². The second kappa shape index (κ2) is 9.23. The number of carbonyl (C=O) groups is 2. The minimum absolute atomic E-state index is 0.245. The molecule has 6 nitrogen and oxygen atoms in total. The first-order valence-electron chi connectivity index (χ1n) is 11.0. The van der Waals surface area contributed by atoms with E-state index in [1.54, 1.807) is 18.2 Å². The van der Waals surface area contributed by atoms with Gasteiger partial charge in [-0.2, -0.15) is 0 Å². The monoisotopic (exact) mass is 430 g/mol. The molecule has 1 aliphatic heterocycles. The van der Waals surface area contributed by atoms with Crippen LogP contribution in [0.15, 0.2) is 48.1 Å². The van der Waals surface area contributed by atoms with Gasteiger partial charge in [0.2, 0.25) is 0 Å². The second-order valence-electron chi connectivity index (χ2n) is 9.49. The van der Waals surface area contributed by atoms with Gasteiger partial charge in [0.15, 0.2) is 18.2 Å².